The summed E-state index contributed by atoms with van der Waals surface area (Å²) in [5.41, 5.74) is 4.31. The molecule has 2 heterocycles. The zero-order valence-corrected chi connectivity index (χ0v) is 15.4. The van der Waals surface area contributed by atoms with Crippen LogP contribution in [0.4, 0.5) is 0 Å². The molecule has 0 atom stereocenters. The van der Waals surface area contributed by atoms with Gasteiger partial charge in [-0.25, -0.2) is 19.4 Å². The smallest absolute Gasteiger partial charge is 0.338 e. The Bertz CT molecular complexity index is 1040. The molecule has 0 aliphatic heterocycles. The number of hydrogen-bond acceptors (Lipinski definition) is 6. The lowest BCUT2D eigenvalue weighted by atomic mass is 10.2. The lowest BCUT2D eigenvalue weighted by molar-refractivity contribution is 0.0468. The Morgan fingerprint density at radius 2 is 1.89 bits per heavy atom. The van der Waals surface area contributed by atoms with Gasteiger partial charge in [0.1, 0.15) is 24.3 Å². The minimum atomic E-state index is -0.384. The van der Waals surface area contributed by atoms with E-state index in [0.717, 1.165) is 22.0 Å². The number of hydrogen-bond donors (Lipinski definition) is 0. The molecule has 0 N–H and O–H groups in total. The molecule has 0 aliphatic carbocycles. The largest absolute Gasteiger partial charge is 0.456 e. The maximum Gasteiger partial charge on any atom is 0.338 e. The van der Waals surface area contributed by atoms with Gasteiger partial charge in [0.15, 0.2) is 0 Å². The molecule has 0 radical (unpaired) electrons. The van der Waals surface area contributed by atoms with E-state index < -0.39 is 0 Å². The van der Waals surface area contributed by atoms with E-state index in [1.807, 2.05) is 17.5 Å². The molecule has 0 spiro atoms. The predicted octanol–water partition coefficient (Wildman–Crippen LogP) is 4.06. The van der Waals surface area contributed by atoms with Crippen LogP contribution >= 0.6 is 11.3 Å². The predicted molar refractivity (Wildman–Crippen MR) is 103 cm³/mol. The fourth-order valence-corrected chi connectivity index (χ4v) is 3.33. The molecule has 0 fully saturated rings. The molecule has 7 heteroatoms. The molecule has 4 aromatic rings. The van der Waals surface area contributed by atoms with Crippen molar-refractivity contribution in [3.05, 3.63) is 83.4 Å². The number of rotatable bonds is 5. The summed E-state index contributed by atoms with van der Waals surface area (Å²) in [5.74, 6) is -0.384. The maximum absolute atomic E-state index is 12.2. The molecule has 0 saturated carbocycles. The van der Waals surface area contributed by atoms with Crippen molar-refractivity contribution >= 4 is 17.3 Å². The highest BCUT2D eigenvalue weighted by Gasteiger charge is 2.10. The van der Waals surface area contributed by atoms with Gasteiger partial charge in [-0.3, -0.25) is 0 Å². The van der Waals surface area contributed by atoms with Crippen molar-refractivity contribution in [2.75, 3.05) is 0 Å². The number of benzene rings is 2. The van der Waals surface area contributed by atoms with Crippen LogP contribution in [0.15, 0.2) is 66.6 Å². The van der Waals surface area contributed by atoms with Gasteiger partial charge in [0, 0.05) is 10.9 Å². The maximum atomic E-state index is 12.2. The van der Waals surface area contributed by atoms with Gasteiger partial charge < -0.3 is 4.74 Å². The molecule has 0 saturated heterocycles. The van der Waals surface area contributed by atoms with Crippen molar-refractivity contribution in [1.82, 2.24) is 19.7 Å². The third-order valence-corrected chi connectivity index (χ3v) is 4.93. The van der Waals surface area contributed by atoms with E-state index in [1.54, 1.807) is 35.3 Å². The van der Waals surface area contributed by atoms with Crippen LogP contribution < -0.4 is 0 Å². The number of esters is 1. The summed E-state index contributed by atoms with van der Waals surface area (Å²) in [6.07, 6.45) is 3.06. The van der Waals surface area contributed by atoms with Crippen LogP contribution in [0.2, 0.25) is 0 Å². The van der Waals surface area contributed by atoms with E-state index in [-0.39, 0.29) is 12.6 Å². The summed E-state index contributed by atoms with van der Waals surface area (Å²) in [6, 6.07) is 15.2. The average Bonchev–Trinajstić information content (AvgIpc) is 3.39. The monoisotopic (exact) mass is 376 g/mol. The number of aromatic nitrogens is 4. The van der Waals surface area contributed by atoms with Gasteiger partial charge in [0.2, 0.25) is 0 Å². The lowest BCUT2D eigenvalue weighted by Crippen LogP contribution is -2.06. The van der Waals surface area contributed by atoms with Crippen molar-refractivity contribution in [2.45, 2.75) is 13.5 Å². The van der Waals surface area contributed by atoms with E-state index in [0.29, 0.717) is 5.56 Å². The Balaban J connectivity index is 1.38. The third kappa shape index (κ3) is 3.93. The number of thiazole rings is 1. The first-order valence-corrected chi connectivity index (χ1v) is 9.20. The molecule has 0 unspecified atom stereocenters. The second kappa shape index (κ2) is 7.51. The molecule has 134 valence electrons. The highest BCUT2D eigenvalue weighted by Crippen LogP contribution is 2.24. The molecule has 6 nitrogen and oxygen atoms in total. The molecule has 2 aromatic heterocycles. The first kappa shape index (κ1) is 17.1. The molecular formula is C20H16N4O2S. The number of carbonyl (C=O) groups excluding carboxylic acids is 1. The van der Waals surface area contributed by atoms with Crippen LogP contribution in [0.3, 0.4) is 0 Å². The van der Waals surface area contributed by atoms with Crippen molar-refractivity contribution in [3.63, 3.8) is 0 Å². The Kier molecular flexibility index (Phi) is 4.76. The lowest BCUT2D eigenvalue weighted by Gasteiger charge is -2.04. The van der Waals surface area contributed by atoms with Crippen LogP contribution in [0.25, 0.3) is 16.3 Å². The van der Waals surface area contributed by atoms with Crippen molar-refractivity contribution in [2.24, 2.45) is 0 Å². The van der Waals surface area contributed by atoms with Crippen LogP contribution in [-0.4, -0.2) is 25.7 Å². The molecule has 2 aromatic carbocycles. The van der Waals surface area contributed by atoms with Gasteiger partial charge in [0.05, 0.1) is 16.9 Å². The van der Waals surface area contributed by atoms with E-state index in [9.17, 15) is 4.79 Å². The fourth-order valence-electron chi connectivity index (χ4n) is 2.52. The summed E-state index contributed by atoms with van der Waals surface area (Å²) >= 11 is 1.54. The van der Waals surface area contributed by atoms with E-state index in [2.05, 4.69) is 34.1 Å². The first-order chi connectivity index (χ1) is 13.2. The molecule has 4 rings (SSSR count). The van der Waals surface area contributed by atoms with Gasteiger partial charge in [0.25, 0.3) is 0 Å². The normalized spacial score (nSPS) is 10.7. The zero-order chi connectivity index (χ0) is 18.6. The minimum absolute atomic E-state index is 0.145. The summed E-state index contributed by atoms with van der Waals surface area (Å²) in [6.45, 7) is 2.20. The van der Waals surface area contributed by atoms with Gasteiger partial charge in [-0.15, -0.1) is 11.3 Å². The Morgan fingerprint density at radius 1 is 1.11 bits per heavy atom. The molecule has 27 heavy (non-hydrogen) atoms. The highest BCUT2D eigenvalue weighted by atomic mass is 32.1. The van der Waals surface area contributed by atoms with Crippen LogP contribution in [0.1, 0.15) is 21.6 Å². The Labute approximate surface area is 160 Å². The van der Waals surface area contributed by atoms with Gasteiger partial charge >= 0.3 is 5.97 Å². The van der Waals surface area contributed by atoms with Crippen LogP contribution in [0, 0.1) is 6.92 Å². The van der Waals surface area contributed by atoms with Gasteiger partial charge in [-0.05, 0) is 31.2 Å². The molecule has 0 amide bonds. The van der Waals surface area contributed by atoms with Gasteiger partial charge in [-0.2, -0.15) is 5.10 Å². The minimum Gasteiger partial charge on any atom is -0.456 e. The van der Waals surface area contributed by atoms with Crippen molar-refractivity contribution in [3.8, 4) is 16.3 Å². The fraction of sp³-hybridized carbons (Fsp3) is 0.100. The molecule has 0 aliphatic rings. The van der Waals surface area contributed by atoms with Crippen molar-refractivity contribution < 1.29 is 9.53 Å². The van der Waals surface area contributed by atoms with E-state index in [4.69, 9.17) is 4.74 Å². The summed E-state index contributed by atoms with van der Waals surface area (Å²) < 4.78 is 7.01. The Morgan fingerprint density at radius 3 is 2.59 bits per heavy atom. The highest BCUT2D eigenvalue weighted by molar-refractivity contribution is 7.13. The summed E-state index contributed by atoms with van der Waals surface area (Å²) in [7, 11) is 0. The Hall–Kier alpha value is -3.32. The summed E-state index contributed by atoms with van der Waals surface area (Å²) in [5, 5.41) is 6.88. The van der Waals surface area contributed by atoms with Gasteiger partial charge in [-0.1, -0.05) is 29.8 Å². The SMILES string of the molecule is Cc1ccc(-c2nc(COC(=O)c3ccc(-n4cncn4)cc3)cs2)cc1. The number of carbonyl (C=O) groups is 1. The second-order valence-electron chi connectivity index (χ2n) is 5.97. The third-order valence-electron chi connectivity index (χ3n) is 3.99. The molecular weight excluding hydrogens is 360 g/mol. The standard InChI is InChI=1S/C20H16N4O2S/c1-14-2-4-15(5-3-14)19-23-17(11-27-19)10-26-20(25)16-6-8-18(9-7-16)24-13-21-12-22-24/h2-9,11-13H,10H2,1H3. The number of aryl methyl sites for hydroxylation is 1. The average molecular weight is 376 g/mol. The van der Waals surface area contributed by atoms with Crippen molar-refractivity contribution in [1.29, 1.82) is 0 Å². The van der Waals surface area contributed by atoms with Crippen LogP contribution in [0.5, 0.6) is 0 Å². The van der Waals surface area contributed by atoms with Crippen LogP contribution in [-0.2, 0) is 11.3 Å². The summed E-state index contributed by atoms with van der Waals surface area (Å²) in [4.78, 5) is 20.7. The quantitative estimate of drug-likeness (QED) is 0.491. The molecule has 0 bridgehead atoms. The first-order valence-electron chi connectivity index (χ1n) is 8.33. The second-order valence-corrected chi connectivity index (χ2v) is 6.83. The topological polar surface area (TPSA) is 69.9 Å². The van der Waals surface area contributed by atoms with E-state index in [1.165, 1.54) is 23.2 Å². The zero-order valence-electron chi connectivity index (χ0n) is 14.6. The van der Waals surface area contributed by atoms with E-state index >= 15 is 0 Å². The number of nitrogens with zero attached hydrogens (tertiary/aromatic N) is 4. The number of ether oxygens (including phenoxy) is 1.